The summed E-state index contributed by atoms with van der Waals surface area (Å²) in [5, 5.41) is 19.8. The van der Waals surface area contributed by atoms with Crippen molar-refractivity contribution in [3.8, 4) is 17.2 Å². The third-order valence-corrected chi connectivity index (χ3v) is 10.5. The number of aliphatic hydroxyl groups is 1. The molecule has 3 aliphatic rings. The van der Waals surface area contributed by atoms with E-state index in [2.05, 4.69) is 48.0 Å². The molecule has 6 N–H and O–H groups in total. The molecule has 0 aromatic heterocycles. The normalized spacial score (nSPS) is 18.8. The molecule has 0 bridgehead atoms. The smallest absolute Gasteiger partial charge is 0.410 e. The molecule has 3 aliphatic heterocycles. The number of β-amino-alcohol motifs (C(OH)–C–C–N with tert-alkyl or cyclic N) is 1. The average Bonchev–Trinajstić information content (AvgIpc) is 4.04. The molecule has 6 rings (SSSR count). The van der Waals surface area contributed by atoms with E-state index in [9.17, 15) is 14.7 Å². The highest BCUT2D eigenvalue weighted by molar-refractivity contribution is 7.59. The summed E-state index contributed by atoms with van der Waals surface area (Å²) >= 11 is 0. The summed E-state index contributed by atoms with van der Waals surface area (Å²) < 4.78 is 26.1. The number of halogens is 2. The van der Waals surface area contributed by atoms with Crippen molar-refractivity contribution in [2.24, 2.45) is 5.73 Å². The van der Waals surface area contributed by atoms with Crippen LogP contribution in [0.3, 0.4) is 0 Å². The number of carbonyl (C=O) groups excluding carboxylic acids is 2. The first-order valence-electron chi connectivity index (χ1n) is 22.2. The lowest BCUT2D eigenvalue weighted by Gasteiger charge is -2.25. The molecule has 0 radical (unpaired) electrons. The van der Waals surface area contributed by atoms with E-state index in [0.29, 0.717) is 38.1 Å². The molecule has 3 aromatic rings. The number of hydrogen-bond acceptors (Lipinski definition) is 12. The molecule has 376 valence electrons. The minimum absolute atomic E-state index is 0. The van der Waals surface area contributed by atoms with E-state index in [-0.39, 0.29) is 74.7 Å². The van der Waals surface area contributed by atoms with E-state index in [4.69, 9.17) is 29.4 Å². The highest BCUT2D eigenvalue weighted by Gasteiger charge is 2.31. The molecule has 3 fully saturated rings. The Bertz CT molecular complexity index is 1830. The molecule has 0 saturated carbocycles. The fourth-order valence-corrected chi connectivity index (χ4v) is 7.07. The number of amides is 2. The van der Waals surface area contributed by atoms with Crippen molar-refractivity contribution in [2.45, 2.75) is 129 Å². The number of aliphatic hydroxyl groups excluding tert-OH is 1. The van der Waals surface area contributed by atoms with E-state index in [1.807, 2.05) is 103 Å². The average molecular weight is 986 g/mol. The summed E-state index contributed by atoms with van der Waals surface area (Å²) in [7, 11) is 5.03. The van der Waals surface area contributed by atoms with Crippen LogP contribution in [0.15, 0.2) is 72.8 Å². The van der Waals surface area contributed by atoms with Gasteiger partial charge in [0.2, 0.25) is 0 Å². The minimum atomic E-state index is -0.454. The number of likely N-dealkylation sites (tertiary alicyclic amines) is 2. The highest BCUT2D eigenvalue weighted by atomic mass is 35.5. The number of rotatable bonds is 10. The fourth-order valence-electron chi connectivity index (χ4n) is 7.07. The van der Waals surface area contributed by atoms with Crippen LogP contribution < -0.4 is 35.9 Å². The van der Waals surface area contributed by atoms with Gasteiger partial charge in [-0.15, -0.1) is 24.8 Å². The third kappa shape index (κ3) is 23.4. The summed E-state index contributed by atoms with van der Waals surface area (Å²) in [5.74, 6) is 2.65. The van der Waals surface area contributed by atoms with Crippen molar-refractivity contribution in [3.05, 3.63) is 89.5 Å². The Hall–Kier alpha value is -3.67. The molecular formula is C49H82Cl2N6O8S. The third-order valence-electron chi connectivity index (χ3n) is 10.5. The maximum absolute atomic E-state index is 12.1. The standard InChI is InChI=1S/C18H28N2O3.C13H20N2O.C9H17NO3.C9H13NO.2ClH.H2S/c1-13(14-7-6-8-16(11-14)22-5)19-15-9-10-20(12-15)17(21)23-18(2,3)4;1-10(15-12-6-7-14-9-12)11-4-3-5-13(8-11)16-2;1-9(2,3)13-8(12)10-5-4-7(11)6-10;1-7(10)8-4-3-5-9(6-8)11-2;;;/h6-8,11,13,15,19H,9-10,12H2,1-5H3;3-5,8,10,12,14-15H,6-7,9H2,1-2H3;7,11H,4-6H2,1-3H3;3-7H,10H2,1-2H3;2*1H;1H2/t13-,15?;10-,12-;2*7-;;;/m1101.../s1. The molecule has 66 heavy (non-hydrogen) atoms. The van der Waals surface area contributed by atoms with Gasteiger partial charge in [0.05, 0.1) is 27.4 Å². The second kappa shape index (κ2) is 30.7. The summed E-state index contributed by atoms with van der Waals surface area (Å²) in [4.78, 5) is 26.8. The Morgan fingerprint density at radius 1 is 0.667 bits per heavy atom. The van der Waals surface area contributed by atoms with E-state index in [0.717, 1.165) is 48.9 Å². The van der Waals surface area contributed by atoms with Crippen LogP contribution in [0, 0.1) is 0 Å². The molecule has 3 saturated heterocycles. The molecule has 2 amide bonds. The number of nitrogens with one attached hydrogen (secondary N) is 3. The van der Waals surface area contributed by atoms with Gasteiger partial charge in [-0.1, -0.05) is 36.4 Å². The first kappa shape index (κ1) is 62.3. The Balaban J connectivity index is 0.000000873. The summed E-state index contributed by atoms with van der Waals surface area (Å²) in [6.07, 6.45) is 1.87. The van der Waals surface area contributed by atoms with Gasteiger partial charge in [0.1, 0.15) is 28.5 Å². The molecular weight excluding hydrogens is 904 g/mol. The predicted octanol–water partition coefficient (Wildman–Crippen LogP) is 8.72. The molecule has 3 aromatic carbocycles. The number of carbonyl (C=O) groups is 2. The van der Waals surface area contributed by atoms with Gasteiger partial charge in [0, 0.05) is 62.9 Å². The highest BCUT2D eigenvalue weighted by Crippen LogP contribution is 2.23. The van der Waals surface area contributed by atoms with Gasteiger partial charge in [-0.05, 0) is 141 Å². The molecule has 14 nitrogen and oxygen atoms in total. The number of nitrogens with zero attached hydrogens (tertiary/aromatic N) is 2. The van der Waals surface area contributed by atoms with Crippen molar-refractivity contribution in [1.82, 2.24) is 25.8 Å². The number of benzene rings is 3. The second-order valence-electron chi connectivity index (χ2n) is 18.4. The van der Waals surface area contributed by atoms with Crippen LogP contribution in [0.25, 0.3) is 0 Å². The molecule has 6 atom stereocenters. The zero-order chi connectivity index (χ0) is 46.7. The van der Waals surface area contributed by atoms with Crippen molar-refractivity contribution < 1.29 is 38.4 Å². The monoisotopic (exact) mass is 985 g/mol. The Morgan fingerprint density at radius 3 is 1.45 bits per heavy atom. The maximum Gasteiger partial charge on any atom is 0.410 e. The number of methoxy groups -OCH3 is 3. The quantitative estimate of drug-likeness (QED) is 0.131. The number of nitrogens with two attached hydrogens (primary N) is 1. The van der Waals surface area contributed by atoms with Gasteiger partial charge in [-0.25, -0.2) is 9.59 Å². The van der Waals surface area contributed by atoms with Crippen molar-refractivity contribution in [3.63, 3.8) is 0 Å². The van der Waals surface area contributed by atoms with Crippen LogP contribution >= 0.6 is 38.3 Å². The topological polar surface area (TPSA) is 169 Å². The largest absolute Gasteiger partial charge is 0.497 e. The Labute approximate surface area is 415 Å². The molecule has 3 heterocycles. The van der Waals surface area contributed by atoms with Gasteiger partial charge in [0.15, 0.2) is 0 Å². The molecule has 1 unspecified atom stereocenters. The van der Waals surface area contributed by atoms with Gasteiger partial charge in [-0.3, -0.25) is 0 Å². The van der Waals surface area contributed by atoms with Gasteiger partial charge < -0.3 is 60.3 Å². The summed E-state index contributed by atoms with van der Waals surface area (Å²) in [6, 6.07) is 25.6. The first-order chi connectivity index (χ1) is 29.7. The lowest BCUT2D eigenvalue weighted by atomic mass is 10.1. The number of hydrogen-bond donors (Lipinski definition) is 5. The lowest BCUT2D eigenvalue weighted by molar-refractivity contribution is 0.0266. The first-order valence-corrected chi connectivity index (χ1v) is 22.2. The van der Waals surface area contributed by atoms with Crippen LogP contribution in [0.5, 0.6) is 17.2 Å². The lowest BCUT2D eigenvalue weighted by Crippen LogP contribution is -2.39. The summed E-state index contributed by atoms with van der Waals surface area (Å²) in [6.45, 7) is 22.1. The van der Waals surface area contributed by atoms with E-state index in [1.54, 1.807) is 26.2 Å². The van der Waals surface area contributed by atoms with Gasteiger partial charge in [-0.2, -0.15) is 13.5 Å². The minimum Gasteiger partial charge on any atom is -0.497 e. The maximum atomic E-state index is 12.1. The van der Waals surface area contributed by atoms with E-state index >= 15 is 0 Å². The molecule has 0 aliphatic carbocycles. The van der Waals surface area contributed by atoms with Gasteiger partial charge in [0.25, 0.3) is 0 Å². The van der Waals surface area contributed by atoms with Gasteiger partial charge >= 0.3 is 12.2 Å². The fraction of sp³-hybridized carbons (Fsp3) is 0.592. The molecule has 0 spiro atoms. The van der Waals surface area contributed by atoms with E-state index < -0.39 is 11.2 Å². The Morgan fingerprint density at radius 2 is 1.08 bits per heavy atom. The van der Waals surface area contributed by atoms with E-state index in [1.165, 1.54) is 22.4 Å². The zero-order valence-corrected chi connectivity index (χ0v) is 44.0. The Kier molecular flexibility index (Phi) is 29.0. The van der Waals surface area contributed by atoms with Crippen LogP contribution in [-0.2, 0) is 9.47 Å². The van der Waals surface area contributed by atoms with Crippen LogP contribution in [0.1, 0.15) is 116 Å². The van der Waals surface area contributed by atoms with Crippen LogP contribution in [-0.4, -0.2) is 117 Å². The van der Waals surface area contributed by atoms with Crippen molar-refractivity contribution in [2.75, 3.05) is 60.6 Å². The van der Waals surface area contributed by atoms with Crippen molar-refractivity contribution >= 4 is 50.5 Å². The van der Waals surface area contributed by atoms with Crippen molar-refractivity contribution in [1.29, 1.82) is 0 Å². The molecule has 17 heteroatoms. The summed E-state index contributed by atoms with van der Waals surface area (Å²) in [5.41, 5.74) is 8.35. The number of ether oxygens (including phenoxy) is 5. The second-order valence-corrected chi connectivity index (χ2v) is 18.4. The predicted molar refractivity (Wildman–Crippen MR) is 275 cm³/mol. The van der Waals surface area contributed by atoms with Crippen LogP contribution in [0.2, 0.25) is 0 Å². The SMILES string of the molecule is CC(C)(C)OC(=O)N1CC[C@H](O)C1.COc1cccc([C@@H](C)N)c1.COc1cccc([C@@H](C)NC2CCN(C(=O)OC(C)(C)C)C2)c1.COc1cccc([C@@H](C)N[C@@H]2CCNC2)c1.Cl.Cl.S. The van der Waals surface area contributed by atoms with Crippen LogP contribution in [0.4, 0.5) is 9.59 Å². The zero-order valence-electron chi connectivity index (χ0n) is 41.3.